The van der Waals surface area contributed by atoms with Crippen molar-refractivity contribution in [2.45, 2.75) is 25.9 Å². The molecule has 0 aliphatic rings. The maximum atomic E-state index is 11.6. The van der Waals surface area contributed by atoms with Crippen molar-refractivity contribution < 1.29 is 17.9 Å². The summed E-state index contributed by atoms with van der Waals surface area (Å²) in [5.74, 6) is 1.23. The van der Waals surface area contributed by atoms with Crippen molar-refractivity contribution in [1.82, 2.24) is 4.98 Å². The molecule has 0 fully saturated rings. The van der Waals surface area contributed by atoms with Crippen molar-refractivity contribution in [3.63, 3.8) is 0 Å². The predicted molar refractivity (Wildman–Crippen MR) is 138 cm³/mol. The second-order valence-corrected chi connectivity index (χ2v) is 10.9. The average molecular weight is 534 g/mol. The Morgan fingerprint density at radius 2 is 1.83 bits per heavy atom. The lowest BCUT2D eigenvalue weighted by molar-refractivity contribution is 0.306. The number of sulfonamides is 1. The Bertz CT molecular complexity index is 1340. The van der Waals surface area contributed by atoms with Crippen molar-refractivity contribution in [2.75, 3.05) is 23.5 Å². The van der Waals surface area contributed by atoms with Crippen molar-refractivity contribution in [3.05, 3.63) is 82.1 Å². The second-order valence-electron chi connectivity index (χ2n) is 8.33. The Balaban J connectivity index is 1.79. The highest BCUT2D eigenvalue weighted by molar-refractivity contribution is 7.92. The quantitative estimate of drug-likeness (QED) is 0.345. The molecule has 3 aromatic rings. The summed E-state index contributed by atoms with van der Waals surface area (Å²) in [5.41, 5.74) is 2.76. The zero-order valence-corrected chi connectivity index (χ0v) is 21.8. The summed E-state index contributed by atoms with van der Waals surface area (Å²) in [6.45, 7) is 4.46. The number of halogens is 2. The van der Waals surface area contributed by atoms with Crippen LogP contribution < -0.4 is 14.2 Å². The number of rotatable bonds is 10. The van der Waals surface area contributed by atoms with Crippen LogP contribution in [-0.2, 0) is 22.0 Å². The van der Waals surface area contributed by atoms with E-state index in [1.165, 1.54) is 6.20 Å². The molecule has 184 valence electrons. The average Bonchev–Trinajstić information content (AvgIpc) is 2.81. The van der Waals surface area contributed by atoms with Gasteiger partial charge in [0, 0.05) is 23.4 Å². The molecule has 2 aromatic carbocycles. The van der Waals surface area contributed by atoms with Gasteiger partial charge in [-0.1, -0.05) is 37.6 Å². The first kappa shape index (κ1) is 26.6. The van der Waals surface area contributed by atoms with Gasteiger partial charge >= 0.3 is 0 Å². The molecule has 0 aliphatic heterocycles. The van der Waals surface area contributed by atoms with E-state index in [-0.39, 0.29) is 13.2 Å². The lowest BCUT2D eigenvalue weighted by atomic mass is 9.77. The summed E-state index contributed by atoms with van der Waals surface area (Å²) in [6.07, 6.45) is 4.15. The molecular formula is C25H25Cl2N3O4S. The van der Waals surface area contributed by atoms with Crippen LogP contribution in [0.1, 0.15) is 36.1 Å². The van der Waals surface area contributed by atoms with Gasteiger partial charge in [-0.3, -0.25) is 9.71 Å². The summed E-state index contributed by atoms with van der Waals surface area (Å²) >= 11 is 12.1. The molecule has 0 saturated carbocycles. The molecular weight excluding hydrogens is 509 g/mol. The number of anilines is 1. The summed E-state index contributed by atoms with van der Waals surface area (Å²) in [7, 11) is -3.42. The summed E-state index contributed by atoms with van der Waals surface area (Å²) < 4.78 is 37.1. The molecule has 1 aromatic heterocycles. The highest BCUT2D eigenvalue weighted by atomic mass is 35.5. The van der Waals surface area contributed by atoms with Crippen LogP contribution in [0.15, 0.2) is 54.9 Å². The summed E-state index contributed by atoms with van der Waals surface area (Å²) in [6, 6.07) is 14.9. The predicted octanol–water partition coefficient (Wildman–Crippen LogP) is 5.50. The topological polar surface area (TPSA) is 101 Å². The van der Waals surface area contributed by atoms with E-state index in [9.17, 15) is 13.7 Å². The van der Waals surface area contributed by atoms with E-state index >= 15 is 0 Å². The molecule has 35 heavy (non-hydrogen) atoms. The number of nitrogens with zero attached hydrogens (tertiary/aromatic N) is 2. The highest BCUT2D eigenvalue weighted by Gasteiger charge is 2.26. The molecule has 1 N–H and O–H groups in total. The van der Waals surface area contributed by atoms with E-state index in [2.05, 4.69) is 15.8 Å². The number of pyridine rings is 1. The van der Waals surface area contributed by atoms with E-state index in [1.54, 1.807) is 24.4 Å². The van der Waals surface area contributed by atoms with E-state index in [4.69, 9.17) is 32.7 Å². The molecule has 7 nitrogen and oxygen atoms in total. The monoisotopic (exact) mass is 533 g/mol. The van der Waals surface area contributed by atoms with Crippen molar-refractivity contribution >= 4 is 38.9 Å². The van der Waals surface area contributed by atoms with E-state index in [0.29, 0.717) is 39.2 Å². The fraction of sp³-hybridized carbons (Fsp3) is 0.280. The van der Waals surface area contributed by atoms with Crippen LogP contribution in [0.4, 0.5) is 5.69 Å². The minimum Gasteiger partial charge on any atom is -0.489 e. The zero-order valence-electron chi connectivity index (χ0n) is 19.5. The Labute approximate surface area is 215 Å². The Kier molecular flexibility index (Phi) is 8.49. The lowest BCUT2D eigenvalue weighted by Crippen LogP contribution is -2.19. The van der Waals surface area contributed by atoms with E-state index in [0.717, 1.165) is 17.4 Å². The first-order valence-corrected chi connectivity index (χ1v) is 13.4. The largest absolute Gasteiger partial charge is 0.489 e. The molecule has 0 bridgehead atoms. The van der Waals surface area contributed by atoms with Gasteiger partial charge in [0.05, 0.1) is 28.4 Å². The fourth-order valence-electron chi connectivity index (χ4n) is 3.46. The minimum atomic E-state index is -3.42. The van der Waals surface area contributed by atoms with Gasteiger partial charge in [0.25, 0.3) is 0 Å². The van der Waals surface area contributed by atoms with Crippen molar-refractivity contribution in [3.8, 4) is 17.6 Å². The third-order valence-electron chi connectivity index (χ3n) is 5.38. The van der Waals surface area contributed by atoms with Crippen LogP contribution in [0.5, 0.6) is 11.5 Å². The van der Waals surface area contributed by atoms with Gasteiger partial charge in [0.2, 0.25) is 10.0 Å². The molecule has 3 rings (SSSR count). The molecule has 0 saturated heterocycles. The number of hydrogen-bond acceptors (Lipinski definition) is 6. The Morgan fingerprint density at radius 1 is 1.11 bits per heavy atom. The fourth-order valence-corrected chi connectivity index (χ4v) is 4.41. The molecule has 0 radical (unpaired) electrons. The molecule has 10 heteroatoms. The molecule has 0 amide bonds. The maximum Gasteiger partial charge on any atom is 0.229 e. The van der Waals surface area contributed by atoms with Crippen LogP contribution in [0, 0.1) is 11.3 Å². The van der Waals surface area contributed by atoms with Crippen molar-refractivity contribution in [2.24, 2.45) is 0 Å². The Morgan fingerprint density at radius 3 is 2.46 bits per heavy atom. The standard InChI is InChI=1S/C25H25Cl2N3O4S/c1-25(2,20-12-17(14-28)24(22(27)13-20)33-11-9-26)19-4-6-21(7-5-19)34-16-18-15-29-10-8-23(18)30-35(3,31)32/h4-8,10,12-13,15H,9,11,16H2,1-3H3,(H,29,30). The van der Waals surface area contributed by atoms with Crippen LogP contribution >= 0.6 is 23.2 Å². The third kappa shape index (κ3) is 6.79. The molecule has 0 atom stereocenters. The van der Waals surface area contributed by atoms with Gasteiger partial charge in [-0.2, -0.15) is 5.26 Å². The number of alkyl halides is 1. The van der Waals surface area contributed by atoms with Crippen LogP contribution in [0.3, 0.4) is 0 Å². The van der Waals surface area contributed by atoms with Gasteiger partial charge in [0.1, 0.15) is 25.0 Å². The van der Waals surface area contributed by atoms with E-state index in [1.807, 2.05) is 38.1 Å². The Hall–Kier alpha value is -2.99. The number of nitriles is 1. The van der Waals surface area contributed by atoms with Crippen LogP contribution in [-0.4, -0.2) is 32.1 Å². The number of benzene rings is 2. The van der Waals surface area contributed by atoms with Crippen LogP contribution in [0.2, 0.25) is 5.02 Å². The molecule has 0 unspecified atom stereocenters. The van der Waals surface area contributed by atoms with Gasteiger partial charge < -0.3 is 9.47 Å². The summed E-state index contributed by atoms with van der Waals surface area (Å²) in [5, 5.41) is 9.95. The number of ether oxygens (including phenoxy) is 2. The van der Waals surface area contributed by atoms with Gasteiger partial charge in [0.15, 0.2) is 5.75 Å². The summed E-state index contributed by atoms with van der Waals surface area (Å²) in [4.78, 5) is 4.05. The SMILES string of the molecule is CC(C)(c1ccc(OCc2cnccc2NS(C)(=O)=O)cc1)c1cc(Cl)c(OCCCl)c(C#N)c1. The zero-order chi connectivity index (χ0) is 25.6. The third-order valence-corrected chi connectivity index (χ3v) is 6.40. The number of nitrogens with one attached hydrogen (secondary N) is 1. The molecule has 1 heterocycles. The smallest absolute Gasteiger partial charge is 0.229 e. The highest BCUT2D eigenvalue weighted by Crippen LogP contribution is 2.38. The van der Waals surface area contributed by atoms with E-state index < -0.39 is 15.4 Å². The van der Waals surface area contributed by atoms with Gasteiger partial charge in [-0.05, 0) is 41.5 Å². The molecule has 0 spiro atoms. The molecule has 0 aliphatic carbocycles. The van der Waals surface area contributed by atoms with Crippen LogP contribution in [0.25, 0.3) is 0 Å². The van der Waals surface area contributed by atoms with Crippen molar-refractivity contribution in [1.29, 1.82) is 5.26 Å². The minimum absolute atomic E-state index is 0.138. The van der Waals surface area contributed by atoms with Gasteiger partial charge in [-0.15, -0.1) is 11.6 Å². The first-order chi connectivity index (χ1) is 16.5. The maximum absolute atomic E-state index is 11.6. The number of aromatic nitrogens is 1. The first-order valence-electron chi connectivity index (χ1n) is 10.6. The van der Waals surface area contributed by atoms with Gasteiger partial charge in [-0.25, -0.2) is 8.42 Å². The second kappa shape index (κ2) is 11.2. The normalized spacial score (nSPS) is 11.5. The number of hydrogen-bond donors (Lipinski definition) is 1. The lowest BCUT2D eigenvalue weighted by Gasteiger charge is -2.27.